The summed E-state index contributed by atoms with van der Waals surface area (Å²) < 4.78 is 34.5. The summed E-state index contributed by atoms with van der Waals surface area (Å²) >= 11 is 0. The van der Waals surface area contributed by atoms with Crippen LogP contribution in [-0.4, -0.2) is 36.0 Å². The van der Waals surface area contributed by atoms with Crippen LogP contribution >= 0.6 is 0 Å². The average Bonchev–Trinajstić information content (AvgIpc) is 2.70. The lowest BCUT2D eigenvalue weighted by Crippen LogP contribution is -2.27. The second-order valence-electron chi connectivity index (χ2n) is 4.39. The number of amides is 1. The van der Waals surface area contributed by atoms with Crippen LogP contribution in [0.1, 0.15) is 12.0 Å². The lowest BCUT2D eigenvalue weighted by Gasteiger charge is -2.15. The molecule has 1 saturated heterocycles. The van der Waals surface area contributed by atoms with Crippen LogP contribution in [0.5, 0.6) is 0 Å². The molecule has 8 nitrogen and oxygen atoms in total. The molecule has 0 N–H and O–H groups in total. The van der Waals surface area contributed by atoms with E-state index in [9.17, 15) is 27.2 Å². The normalized spacial score (nSPS) is 19.4. The third-order valence-corrected chi connectivity index (χ3v) is 4.14. The third kappa shape index (κ3) is 2.59. The van der Waals surface area contributed by atoms with Crippen LogP contribution in [0.25, 0.3) is 0 Å². The minimum absolute atomic E-state index is 0.0734. The molecule has 20 heavy (non-hydrogen) atoms. The Hall–Kier alpha value is -2.10. The summed E-state index contributed by atoms with van der Waals surface area (Å²) in [5, 5.41) is 9.23. The number of carbonyl (C=O) groups excluding carboxylic acids is 1. The van der Waals surface area contributed by atoms with Crippen molar-refractivity contribution in [3.8, 4) is 0 Å². The average molecular weight is 303 g/mol. The molecule has 1 aromatic heterocycles. The molecule has 10 heteroatoms. The molecule has 2 heterocycles. The van der Waals surface area contributed by atoms with E-state index < -0.39 is 32.7 Å². The van der Waals surface area contributed by atoms with Crippen molar-refractivity contribution in [3.63, 3.8) is 0 Å². The highest BCUT2D eigenvalue weighted by molar-refractivity contribution is 7.87. The van der Waals surface area contributed by atoms with Crippen molar-refractivity contribution >= 4 is 27.6 Å². The monoisotopic (exact) mass is 303 g/mol. The molecule has 1 unspecified atom stereocenters. The summed E-state index contributed by atoms with van der Waals surface area (Å²) in [6, 6.07) is 1.29. The van der Waals surface area contributed by atoms with Gasteiger partial charge >= 0.3 is 10.2 Å². The van der Waals surface area contributed by atoms with E-state index in [0.717, 1.165) is 11.1 Å². The van der Waals surface area contributed by atoms with Gasteiger partial charge in [-0.3, -0.25) is 19.8 Å². The quantitative estimate of drug-likeness (QED) is 0.462. The minimum atomic E-state index is -4.81. The minimum Gasteiger partial charge on any atom is -0.295 e. The number of aryl methyl sites for hydroxylation is 1. The second kappa shape index (κ2) is 4.78. The fourth-order valence-electron chi connectivity index (χ4n) is 1.96. The zero-order valence-corrected chi connectivity index (χ0v) is 11.1. The first-order chi connectivity index (χ1) is 9.20. The summed E-state index contributed by atoms with van der Waals surface area (Å²) in [6.45, 7) is 1.12. The maximum atomic E-state index is 12.9. The molecule has 0 bridgehead atoms. The predicted octanol–water partition coefficient (Wildman–Crippen LogP) is 0.703. The fourth-order valence-corrected chi connectivity index (χ4v) is 2.63. The number of hydrogen-bond acceptors (Lipinski definition) is 6. The van der Waals surface area contributed by atoms with Crippen molar-refractivity contribution in [2.75, 3.05) is 11.4 Å². The summed E-state index contributed by atoms with van der Waals surface area (Å²) in [6.07, 6.45) is 0.520. The molecule has 0 radical (unpaired) electrons. The van der Waals surface area contributed by atoms with Gasteiger partial charge in [0.25, 0.3) is 5.69 Å². The fraction of sp³-hybridized carbons (Fsp3) is 0.400. The lowest BCUT2D eigenvalue weighted by molar-refractivity contribution is -0.385. The van der Waals surface area contributed by atoms with E-state index in [-0.39, 0.29) is 23.6 Å². The van der Waals surface area contributed by atoms with Gasteiger partial charge in [0.2, 0.25) is 5.91 Å². The lowest BCUT2D eigenvalue weighted by atomic mass is 10.2. The van der Waals surface area contributed by atoms with E-state index in [2.05, 4.69) is 4.98 Å². The Morgan fingerprint density at radius 3 is 2.65 bits per heavy atom. The van der Waals surface area contributed by atoms with E-state index in [1.165, 1.54) is 13.0 Å². The number of hydrogen-bond donors (Lipinski definition) is 0. The topological polar surface area (TPSA) is 110 Å². The van der Waals surface area contributed by atoms with E-state index >= 15 is 0 Å². The molecule has 1 atom stereocenters. The highest BCUT2D eigenvalue weighted by Gasteiger charge is 2.39. The van der Waals surface area contributed by atoms with Gasteiger partial charge in [-0.2, -0.15) is 8.42 Å². The van der Waals surface area contributed by atoms with Gasteiger partial charge in [-0.15, -0.1) is 3.89 Å². The number of aromatic nitrogens is 1. The number of carbonyl (C=O) groups is 1. The first-order valence-corrected chi connectivity index (χ1v) is 6.99. The van der Waals surface area contributed by atoms with Crippen molar-refractivity contribution in [2.24, 2.45) is 0 Å². The highest BCUT2D eigenvalue weighted by atomic mass is 32.3. The van der Waals surface area contributed by atoms with Gasteiger partial charge in [-0.05, 0) is 13.0 Å². The molecule has 1 amide bonds. The van der Waals surface area contributed by atoms with Gasteiger partial charge in [-0.25, -0.2) is 4.98 Å². The third-order valence-electron chi connectivity index (χ3n) is 3.03. The molecule has 0 aliphatic carbocycles. The predicted molar refractivity (Wildman–Crippen MR) is 66.4 cm³/mol. The Morgan fingerprint density at radius 2 is 2.20 bits per heavy atom. The Bertz CT molecular complexity index is 690. The first kappa shape index (κ1) is 14.3. The van der Waals surface area contributed by atoms with E-state index in [0.29, 0.717) is 0 Å². The smallest absolute Gasteiger partial charge is 0.295 e. The maximum absolute atomic E-state index is 12.9. The summed E-state index contributed by atoms with van der Waals surface area (Å²) in [4.78, 5) is 26.5. The molecule has 1 aliphatic heterocycles. The first-order valence-electron chi connectivity index (χ1n) is 5.55. The van der Waals surface area contributed by atoms with Crippen molar-refractivity contribution < 1.29 is 22.0 Å². The summed E-state index contributed by atoms with van der Waals surface area (Å²) in [5.74, 6) is -0.513. The van der Waals surface area contributed by atoms with Gasteiger partial charge in [0.15, 0.2) is 0 Å². The molecular formula is C10H10FN3O5S. The van der Waals surface area contributed by atoms with E-state index in [4.69, 9.17) is 0 Å². The van der Waals surface area contributed by atoms with Crippen LogP contribution in [-0.2, 0) is 15.0 Å². The molecule has 0 saturated carbocycles. The van der Waals surface area contributed by atoms with Crippen LogP contribution < -0.4 is 4.90 Å². The van der Waals surface area contributed by atoms with E-state index in [1.54, 1.807) is 0 Å². The molecule has 0 spiro atoms. The molecular weight excluding hydrogens is 293 g/mol. The number of nitro groups is 1. The Balaban J connectivity index is 2.31. The van der Waals surface area contributed by atoms with Gasteiger partial charge < -0.3 is 0 Å². The van der Waals surface area contributed by atoms with Crippen LogP contribution in [0.4, 0.5) is 15.4 Å². The molecule has 1 aliphatic rings. The van der Waals surface area contributed by atoms with Crippen molar-refractivity contribution in [2.45, 2.75) is 18.6 Å². The Kier molecular flexibility index (Phi) is 3.42. The summed E-state index contributed by atoms with van der Waals surface area (Å²) in [7, 11) is -4.81. The Labute approximate surface area is 113 Å². The highest BCUT2D eigenvalue weighted by Crippen LogP contribution is 2.27. The van der Waals surface area contributed by atoms with Gasteiger partial charge in [-0.1, -0.05) is 0 Å². The molecule has 108 valence electrons. The van der Waals surface area contributed by atoms with Crippen LogP contribution in [0, 0.1) is 17.0 Å². The second-order valence-corrected chi connectivity index (χ2v) is 6.01. The standard InChI is InChI=1S/C10H10FN3O5S/c1-6-2-9(12-4-8(6)14(16)17)13-5-7(3-10(13)15)20(11,18)19/h2,4,7H,3,5H2,1H3. The van der Waals surface area contributed by atoms with Crippen LogP contribution in [0.3, 0.4) is 0 Å². The Morgan fingerprint density at radius 1 is 1.55 bits per heavy atom. The molecule has 1 fully saturated rings. The van der Waals surface area contributed by atoms with Gasteiger partial charge in [0, 0.05) is 18.5 Å². The van der Waals surface area contributed by atoms with E-state index in [1.807, 2.05) is 0 Å². The van der Waals surface area contributed by atoms with Crippen LogP contribution in [0.15, 0.2) is 12.3 Å². The van der Waals surface area contributed by atoms with Crippen molar-refractivity contribution in [3.05, 3.63) is 27.9 Å². The molecule has 1 aromatic rings. The summed E-state index contributed by atoms with van der Waals surface area (Å²) in [5.41, 5.74) is 0.0643. The van der Waals surface area contributed by atoms with Gasteiger partial charge in [0.1, 0.15) is 17.3 Å². The number of rotatable bonds is 3. The SMILES string of the molecule is Cc1cc(N2CC(S(=O)(=O)F)CC2=O)ncc1[N+](=O)[O-]. The number of anilines is 1. The van der Waals surface area contributed by atoms with Gasteiger partial charge in [0.05, 0.1) is 4.92 Å². The number of pyridine rings is 1. The molecule has 2 rings (SSSR count). The maximum Gasteiger partial charge on any atom is 0.307 e. The zero-order chi connectivity index (χ0) is 15.1. The zero-order valence-electron chi connectivity index (χ0n) is 10.3. The molecule has 0 aromatic carbocycles. The largest absolute Gasteiger partial charge is 0.307 e. The van der Waals surface area contributed by atoms with Crippen molar-refractivity contribution in [1.29, 1.82) is 0 Å². The van der Waals surface area contributed by atoms with Crippen LogP contribution in [0.2, 0.25) is 0 Å². The number of halogens is 1. The van der Waals surface area contributed by atoms with Crippen molar-refractivity contribution in [1.82, 2.24) is 4.98 Å². The number of nitrogens with zero attached hydrogens (tertiary/aromatic N) is 3.